The van der Waals surface area contributed by atoms with E-state index in [0.29, 0.717) is 24.8 Å². The Labute approximate surface area is 174 Å². The van der Waals surface area contributed by atoms with Crippen LogP contribution in [-0.2, 0) is 17.8 Å². The number of hydrogen-bond donors (Lipinski definition) is 2. The van der Waals surface area contributed by atoms with Crippen molar-refractivity contribution in [2.24, 2.45) is 0 Å². The number of aromatic nitrogens is 4. The lowest BCUT2D eigenvalue weighted by Crippen LogP contribution is -2.34. The van der Waals surface area contributed by atoms with E-state index >= 15 is 0 Å². The molecule has 9 heteroatoms. The number of fused-ring (bicyclic) bond motifs is 1. The zero-order chi connectivity index (χ0) is 20.9. The predicted octanol–water partition coefficient (Wildman–Crippen LogP) is 3.69. The highest BCUT2D eigenvalue weighted by Crippen LogP contribution is 2.24. The van der Waals surface area contributed by atoms with Gasteiger partial charge in [0.2, 0.25) is 0 Å². The predicted molar refractivity (Wildman–Crippen MR) is 115 cm³/mol. The summed E-state index contributed by atoms with van der Waals surface area (Å²) in [6.45, 7) is 7.02. The summed E-state index contributed by atoms with van der Waals surface area (Å²) in [5.41, 5.74) is 1.37. The highest BCUT2D eigenvalue weighted by atomic mass is 32.2. The standard InChI is InChI=1S/C20H26N6O2S/c1-20(2,3)28-19(27)21-10-11-26-17-15(13-23-26)16(24-18(25-17)29-4)22-12-14-8-6-5-7-9-14/h5-9,13H,10-12H2,1-4H3,(H,21,27)(H,22,24,25). The molecule has 0 radical (unpaired) electrons. The molecule has 2 heterocycles. The number of nitrogens with zero attached hydrogens (tertiary/aromatic N) is 4. The maximum absolute atomic E-state index is 11.8. The van der Waals surface area contributed by atoms with Crippen molar-refractivity contribution in [3.8, 4) is 0 Å². The molecule has 1 amide bonds. The Hall–Kier alpha value is -2.81. The maximum Gasteiger partial charge on any atom is 0.407 e. The normalized spacial score (nSPS) is 11.4. The Morgan fingerprint density at radius 1 is 1.21 bits per heavy atom. The monoisotopic (exact) mass is 414 g/mol. The molecule has 1 aromatic carbocycles. The summed E-state index contributed by atoms with van der Waals surface area (Å²) in [5, 5.41) is 12.1. The third kappa shape index (κ3) is 5.83. The van der Waals surface area contributed by atoms with Crippen LogP contribution in [0.15, 0.2) is 41.7 Å². The van der Waals surface area contributed by atoms with Gasteiger partial charge in [-0.3, -0.25) is 0 Å². The molecule has 0 spiro atoms. The van der Waals surface area contributed by atoms with E-state index in [-0.39, 0.29) is 0 Å². The third-order valence-corrected chi connectivity index (χ3v) is 4.50. The number of hydrogen-bond acceptors (Lipinski definition) is 7. The topological polar surface area (TPSA) is 94.0 Å². The van der Waals surface area contributed by atoms with Gasteiger partial charge in [-0.05, 0) is 32.6 Å². The Morgan fingerprint density at radius 2 is 1.97 bits per heavy atom. The molecule has 0 aliphatic heterocycles. The molecule has 0 fully saturated rings. The van der Waals surface area contributed by atoms with Crippen LogP contribution in [0.1, 0.15) is 26.3 Å². The van der Waals surface area contributed by atoms with E-state index in [4.69, 9.17) is 4.74 Å². The lowest BCUT2D eigenvalue weighted by Gasteiger charge is -2.19. The molecule has 0 unspecified atom stereocenters. The average Bonchev–Trinajstić information content (AvgIpc) is 3.08. The first-order valence-corrected chi connectivity index (χ1v) is 10.6. The number of amides is 1. The van der Waals surface area contributed by atoms with E-state index in [1.54, 1.807) is 10.9 Å². The first-order chi connectivity index (χ1) is 13.9. The minimum absolute atomic E-state index is 0.386. The molecule has 0 aliphatic carbocycles. The van der Waals surface area contributed by atoms with Gasteiger partial charge in [-0.2, -0.15) is 5.10 Å². The Bertz CT molecular complexity index is 968. The van der Waals surface area contributed by atoms with Crippen molar-refractivity contribution < 1.29 is 9.53 Å². The summed E-state index contributed by atoms with van der Waals surface area (Å²) in [6.07, 6.45) is 3.24. The van der Waals surface area contributed by atoms with Crippen LogP contribution in [-0.4, -0.2) is 44.2 Å². The molecule has 0 saturated heterocycles. The van der Waals surface area contributed by atoms with Crippen LogP contribution >= 0.6 is 11.8 Å². The van der Waals surface area contributed by atoms with E-state index in [1.807, 2.05) is 45.2 Å². The molecule has 0 bridgehead atoms. The summed E-state index contributed by atoms with van der Waals surface area (Å²) in [5.74, 6) is 0.745. The molecule has 0 saturated carbocycles. The van der Waals surface area contributed by atoms with Gasteiger partial charge in [-0.1, -0.05) is 42.1 Å². The number of carbonyl (C=O) groups is 1. The number of benzene rings is 1. The highest BCUT2D eigenvalue weighted by molar-refractivity contribution is 7.98. The average molecular weight is 415 g/mol. The van der Waals surface area contributed by atoms with Crippen molar-refractivity contribution in [3.05, 3.63) is 42.1 Å². The van der Waals surface area contributed by atoms with Gasteiger partial charge < -0.3 is 15.4 Å². The minimum Gasteiger partial charge on any atom is -0.444 e. The molecule has 2 aromatic heterocycles. The zero-order valence-electron chi connectivity index (χ0n) is 17.1. The molecular weight excluding hydrogens is 388 g/mol. The van der Waals surface area contributed by atoms with E-state index in [9.17, 15) is 4.79 Å². The van der Waals surface area contributed by atoms with E-state index < -0.39 is 11.7 Å². The third-order valence-electron chi connectivity index (χ3n) is 3.95. The van der Waals surface area contributed by atoms with Gasteiger partial charge >= 0.3 is 6.09 Å². The fourth-order valence-electron chi connectivity index (χ4n) is 2.68. The quantitative estimate of drug-likeness (QED) is 0.450. The van der Waals surface area contributed by atoms with Crippen molar-refractivity contribution in [1.82, 2.24) is 25.1 Å². The maximum atomic E-state index is 11.8. The summed E-state index contributed by atoms with van der Waals surface area (Å²) < 4.78 is 7.02. The van der Waals surface area contributed by atoms with Crippen molar-refractivity contribution >= 4 is 34.7 Å². The van der Waals surface area contributed by atoms with Crippen LogP contribution in [0, 0.1) is 0 Å². The van der Waals surface area contributed by atoms with Crippen LogP contribution < -0.4 is 10.6 Å². The van der Waals surface area contributed by atoms with Crippen LogP contribution in [0.4, 0.5) is 10.6 Å². The number of carbonyl (C=O) groups excluding carboxylic acids is 1. The van der Waals surface area contributed by atoms with Crippen molar-refractivity contribution in [2.75, 3.05) is 18.1 Å². The van der Waals surface area contributed by atoms with Gasteiger partial charge in [0.1, 0.15) is 11.4 Å². The fraction of sp³-hybridized carbons (Fsp3) is 0.400. The molecule has 8 nitrogen and oxygen atoms in total. The van der Waals surface area contributed by atoms with Crippen LogP contribution in [0.25, 0.3) is 11.0 Å². The molecule has 3 aromatic rings. The lowest BCUT2D eigenvalue weighted by atomic mass is 10.2. The van der Waals surface area contributed by atoms with E-state index in [2.05, 4.69) is 37.8 Å². The van der Waals surface area contributed by atoms with Crippen LogP contribution in [0.3, 0.4) is 0 Å². The van der Waals surface area contributed by atoms with Gasteiger partial charge in [0, 0.05) is 13.1 Å². The van der Waals surface area contributed by atoms with Gasteiger partial charge in [0.05, 0.1) is 18.1 Å². The second-order valence-corrected chi connectivity index (χ2v) is 8.21. The van der Waals surface area contributed by atoms with E-state index in [0.717, 1.165) is 16.9 Å². The number of anilines is 1. The molecule has 2 N–H and O–H groups in total. The summed E-state index contributed by atoms with van der Waals surface area (Å²) in [4.78, 5) is 21.0. The second-order valence-electron chi connectivity index (χ2n) is 7.43. The van der Waals surface area contributed by atoms with Gasteiger partial charge in [-0.25, -0.2) is 19.4 Å². The SMILES string of the molecule is CSc1nc(NCc2ccccc2)c2cnn(CCNC(=O)OC(C)(C)C)c2n1. The zero-order valence-corrected chi connectivity index (χ0v) is 17.9. The summed E-state index contributed by atoms with van der Waals surface area (Å²) in [6, 6.07) is 10.1. The number of nitrogens with one attached hydrogen (secondary N) is 2. The van der Waals surface area contributed by atoms with Crippen LogP contribution in [0.2, 0.25) is 0 Å². The van der Waals surface area contributed by atoms with Crippen molar-refractivity contribution in [1.29, 1.82) is 0 Å². The largest absolute Gasteiger partial charge is 0.444 e. The summed E-state index contributed by atoms with van der Waals surface area (Å²) >= 11 is 1.47. The molecular formula is C20H26N6O2S. The molecule has 3 rings (SSSR count). The number of ether oxygens (including phenoxy) is 1. The summed E-state index contributed by atoms with van der Waals surface area (Å²) in [7, 11) is 0. The molecule has 0 aliphatic rings. The number of alkyl carbamates (subject to hydrolysis) is 1. The van der Waals surface area contributed by atoms with E-state index in [1.165, 1.54) is 17.3 Å². The first kappa shape index (κ1) is 20.9. The van der Waals surface area contributed by atoms with Gasteiger partial charge in [0.25, 0.3) is 0 Å². The van der Waals surface area contributed by atoms with Crippen LogP contribution in [0.5, 0.6) is 0 Å². The Kier molecular flexibility index (Phi) is 6.58. The highest BCUT2D eigenvalue weighted by Gasteiger charge is 2.16. The molecule has 154 valence electrons. The van der Waals surface area contributed by atoms with Crippen molar-refractivity contribution in [2.45, 2.75) is 44.6 Å². The van der Waals surface area contributed by atoms with Gasteiger partial charge in [-0.15, -0.1) is 0 Å². The fourth-order valence-corrected chi connectivity index (χ4v) is 3.05. The molecule has 0 atom stereocenters. The van der Waals surface area contributed by atoms with Gasteiger partial charge in [0.15, 0.2) is 10.8 Å². The smallest absolute Gasteiger partial charge is 0.407 e. The lowest BCUT2D eigenvalue weighted by molar-refractivity contribution is 0.0526. The number of thioether (sulfide) groups is 1. The second kappa shape index (κ2) is 9.13. The Morgan fingerprint density at radius 3 is 2.66 bits per heavy atom. The first-order valence-electron chi connectivity index (χ1n) is 9.38. The number of rotatable bonds is 7. The Balaban J connectivity index is 1.72. The molecule has 29 heavy (non-hydrogen) atoms. The van der Waals surface area contributed by atoms with Crippen molar-refractivity contribution in [3.63, 3.8) is 0 Å². The minimum atomic E-state index is -0.526.